The zero-order valence-corrected chi connectivity index (χ0v) is 17.3. The molecule has 0 saturated heterocycles. The van der Waals surface area contributed by atoms with Crippen molar-refractivity contribution in [2.75, 3.05) is 20.7 Å². The van der Waals surface area contributed by atoms with Gasteiger partial charge in [0.15, 0.2) is 29.1 Å². The Morgan fingerprint density at radius 2 is 2.00 bits per heavy atom. The van der Waals surface area contributed by atoms with Crippen LogP contribution in [-0.2, 0) is 17.9 Å². The highest BCUT2D eigenvalue weighted by Crippen LogP contribution is 2.29. The summed E-state index contributed by atoms with van der Waals surface area (Å²) in [4.78, 5) is 13.6. The smallest absolute Gasteiger partial charge is 0.262 e. The van der Waals surface area contributed by atoms with Gasteiger partial charge in [-0.25, -0.2) is 0 Å². The monoisotopic (exact) mass is 397 g/mol. The summed E-state index contributed by atoms with van der Waals surface area (Å²) in [6.45, 7) is 5.38. The molecule has 0 radical (unpaired) electrons. The number of pyridine rings is 1. The topological polar surface area (TPSA) is 81.0 Å². The quantitative estimate of drug-likeness (QED) is 0.597. The summed E-state index contributed by atoms with van der Waals surface area (Å²) in [7, 11) is 3.41. The molecule has 3 aromatic rings. The number of rotatable bonds is 9. The third-order valence-corrected chi connectivity index (χ3v) is 4.40. The average Bonchev–Trinajstić information content (AvgIpc) is 3.12. The van der Waals surface area contributed by atoms with E-state index in [4.69, 9.17) is 9.47 Å². The third-order valence-electron chi connectivity index (χ3n) is 4.40. The fourth-order valence-electron chi connectivity index (χ4n) is 2.96. The Bertz CT molecular complexity index is 970. The molecule has 8 nitrogen and oxygen atoms in total. The van der Waals surface area contributed by atoms with Gasteiger partial charge < -0.3 is 19.7 Å². The third kappa shape index (κ3) is 5.03. The summed E-state index contributed by atoms with van der Waals surface area (Å²) in [5.41, 5.74) is 1.87. The van der Waals surface area contributed by atoms with Crippen molar-refractivity contribution in [2.45, 2.75) is 33.0 Å². The molecule has 8 heteroatoms. The summed E-state index contributed by atoms with van der Waals surface area (Å²) in [5.74, 6) is 1.93. The van der Waals surface area contributed by atoms with Crippen LogP contribution in [0, 0.1) is 0 Å². The van der Waals surface area contributed by atoms with Gasteiger partial charge in [-0.2, -0.15) is 0 Å². The Morgan fingerprint density at radius 1 is 1.17 bits per heavy atom. The number of aromatic nitrogens is 3. The van der Waals surface area contributed by atoms with Gasteiger partial charge in [-0.05, 0) is 43.7 Å². The number of benzene rings is 1. The normalized spacial score (nSPS) is 12.0. The first-order valence-electron chi connectivity index (χ1n) is 9.62. The number of hydrogen-bond donors (Lipinski definition) is 1. The van der Waals surface area contributed by atoms with Gasteiger partial charge in [0, 0.05) is 26.8 Å². The van der Waals surface area contributed by atoms with Gasteiger partial charge in [-0.3, -0.25) is 9.20 Å². The van der Waals surface area contributed by atoms with Gasteiger partial charge in [0.2, 0.25) is 0 Å². The minimum Gasteiger partial charge on any atom is -0.490 e. The molecule has 0 fully saturated rings. The van der Waals surface area contributed by atoms with Gasteiger partial charge in [0.1, 0.15) is 0 Å². The maximum absolute atomic E-state index is 12.1. The highest BCUT2D eigenvalue weighted by molar-refractivity contribution is 5.80. The van der Waals surface area contributed by atoms with Crippen LogP contribution in [0.2, 0.25) is 0 Å². The number of nitrogens with one attached hydrogen (secondary N) is 1. The van der Waals surface area contributed by atoms with E-state index in [1.165, 1.54) is 4.90 Å². The maximum atomic E-state index is 12.1. The number of likely N-dealkylation sites (N-methyl/N-ethyl adjacent to an activating group) is 1. The summed E-state index contributed by atoms with van der Waals surface area (Å²) < 4.78 is 13.5. The fourth-order valence-corrected chi connectivity index (χ4v) is 2.96. The second kappa shape index (κ2) is 9.38. The van der Waals surface area contributed by atoms with E-state index >= 15 is 0 Å². The van der Waals surface area contributed by atoms with Gasteiger partial charge in [-0.1, -0.05) is 12.1 Å². The first kappa shape index (κ1) is 20.6. The molecule has 1 unspecified atom stereocenters. The Kier molecular flexibility index (Phi) is 6.66. The van der Waals surface area contributed by atoms with E-state index < -0.39 is 6.10 Å². The molecule has 0 saturated carbocycles. The second-order valence-corrected chi connectivity index (χ2v) is 6.86. The standard InChI is InChI=1S/C21H27N5O3/c1-5-28-18-12-16(9-10-17(18)29-15(2)21(27)25(3)4)13-22-14-20-24-23-19-8-6-7-11-26(19)20/h6-12,15,22H,5,13-14H2,1-4H3. The van der Waals surface area contributed by atoms with Gasteiger partial charge >= 0.3 is 0 Å². The molecular weight excluding hydrogens is 370 g/mol. The van der Waals surface area contributed by atoms with E-state index in [0.717, 1.165) is 17.0 Å². The van der Waals surface area contributed by atoms with Crippen molar-refractivity contribution >= 4 is 11.6 Å². The zero-order chi connectivity index (χ0) is 20.8. The number of hydrogen-bond acceptors (Lipinski definition) is 6. The predicted molar refractivity (Wildman–Crippen MR) is 110 cm³/mol. The summed E-state index contributed by atoms with van der Waals surface area (Å²) in [5, 5.41) is 11.8. The van der Waals surface area contributed by atoms with Crippen molar-refractivity contribution < 1.29 is 14.3 Å². The van der Waals surface area contributed by atoms with Crippen LogP contribution in [0.5, 0.6) is 11.5 Å². The number of carbonyl (C=O) groups is 1. The van der Waals surface area contributed by atoms with E-state index in [1.807, 2.05) is 53.9 Å². The van der Waals surface area contributed by atoms with Gasteiger partial charge in [0.25, 0.3) is 5.91 Å². The average molecular weight is 397 g/mol. The van der Waals surface area contributed by atoms with Crippen LogP contribution in [0.3, 0.4) is 0 Å². The number of fused-ring (bicyclic) bond motifs is 1. The highest BCUT2D eigenvalue weighted by Gasteiger charge is 2.18. The highest BCUT2D eigenvalue weighted by atomic mass is 16.5. The Labute approximate surface area is 170 Å². The number of carbonyl (C=O) groups excluding carboxylic acids is 1. The molecule has 1 atom stereocenters. The number of nitrogens with zero attached hydrogens (tertiary/aromatic N) is 4. The van der Waals surface area contributed by atoms with E-state index in [2.05, 4.69) is 15.5 Å². The van der Waals surface area contributed by atoms with Crippen LogP contribution in [0.25, 0.3) is 5.65 Å². The molecule has 1 aromatic carbocycles. The number of ether oxygens (including phenoxy) is 2. The molecule has 0 aliphatic rings. The molecule has 2 aromatic heterocycles. The van der Waals surface area contributed by atoms with Crippen molar-refractivity contribution in [1.82, 2.24) is 24.8 Å². The van der Waals surface area contributed by atoms with Crippen LogP contribution < -0.4 is 14.8 Å². The van der Waals surface area contributed by atoms with Crippen molar-refractivity contribution in [3.05, 3.63) is 54.0 Å². The van der Waals surface area contributed by atoms with Crippen LogP contribution >= 0.6 is 0 Å². The molecule has 154 valence electrons. The second-order valence-electron chi connectivity index (χ2n) is 6.86. The molecule has 3 rings (SSSR count). The lowest BCUT2D eigenvalue weighted by atomic mass is 10.2. The first-order chi connectivity index (χ1) is 14.0. The molecular formula is C21H27N5O3. The fraction of sp³-hybridized carbons (Fsp3) is 0.381. The van der Waals surface area contributed by atoms with E-state index in [0.29, 0.717) is 31.2 Å². The largest absolute Gasteiger partial charge is 0.490 e. The van der Waals surface area contributed by atoms with Crippen molar-refractivity contribution in [2.24, 2.45) is 0 Å². The van der Waals surface area contributed by atoms with E-state index in [-0.39, 0.29) is 5.91 Å². The molecule has 0 aliphatic carbocycles. The minimum absolute atomic E-state index is 0.0984. The summed E-state index contributed by atoms with van der Waals surface area (Å²) in [6.07, 6.45) is 1.36. The lowest BCUT2D eigenvalue weighted by Crippen LogP contribution is -2.35. The van der Waals surface area contributed by atoms with Crippen molar-refractivity contribution in [3.8, 4) is 11.5 Å². The SMILES string of the molecule is CCOc1cc(CNCc2nnc3ccccn23)ccc1OC(C)C(=O)N(C)C. The summed E-state index contributed by atoms with van der Waals surface area (Å²) in [6, 6.07) is 11.5. The summed E-state index contributed by atoms with van der Waals surface area (Å²) >= 11 is 0. The molecule has 1 amide bonds. The van der Waals surface area contributed by atoms with E-state index in [1.54, 1.807) is 21.0 Å². The molecule has 0 bridgehead atoms. The molecule has 29 heavy (non-hydrogen) atoms. The van der Waals surface area contributed by atoms with Gasteiger partial charge in [-0.15, -0.1) is 10.2 Å². The van der Waals surface area contributed by atoms with Crippen LogP contribution in [-0.4, -0.2) is 52.2 Å². The van der Waals surface area contributed by atoms with Gasteiger partial charge in [0.05, 0.1) is 13.2 Å². The molecule has 2 heterocycles. The Balaban J connectivity index is 1.65. The lowest BCUT2D eigenvalue weighted by molar-refractivity contribution is -0.135. The maximum Gasteiger partial charge on any atom is 0.262 e. The predicted octanol–water partition coefficient (Wildman–Crippen LogP) is 2.27. The van der Waals surface area contributed by atoms with Crippen molar-refractivity contribution in [1.29, 1.82) is 0 Å². The minimum atomic E-state index is -0.589. The lowest BCUT2D eigenvalue weighted by Gasteiger charge is -2.20. The number of amides is 1. The van der Waals surface area contributed by atoms with Crippen LogP contribution in [0.4, 0.5) is 0 Å². The first-order valence-corrected chi connectivity index (χ1v) is 9.62. The Morgan fingerprint density at radius 3 is 2.76 bits per heavy atom. The molecule has 0 aliphatic heterocycles. The van der Waals surface area contributed by atoms with Crippen LogP contribution in [0.15, 0.2) is 42.6 Å². The molecule has 1 N–H and O–H groups in total. The van der Waals surface area contributed by atoms with Crippen LogP contribution in [0.1, 0.15) is 25.2 Å². The Hall–Kier alpha value is -3.13. The van der Waals surface area contributed by atoms with Crippen molar-refractivity contribution in [3.63, 3.8) is 0 Å². The zero-order valence-electron chi connectivity index (χ0n) is 17.3. The van der Waals surface area contributed by atoms with E-state index in [9.17, 15) is 4.79 Å². The molecule has 0 spiro atoms.